The van der Waals surface area contributed by atoms with Gasteiger partial charge in [0.1, 0.15) is 0 Å². The molecule has 3 unspecified atom stereocenters. The number of rotatable bonds is 2. The van der Waals surface area contributed by atoms with Crippen LogP contribution in [0.5, 0.6) is 0 Å². The zero-order valence-electron chi connectivity index (χ0n) is 6.79. The molecular formula is C10H15N. The third-order valence-electron chi connectivity index (χ3n) is 3.10. The largest absolute Gasteiger partial charge is 0.324 e. The van der Waals surface area contributed by atoms with E-state index >= 15 is 0 Å². The zero-order valence-corrected chi connectivity index (χ0v) is 6.79. The summed E-state index contributed by atoms with van der Waals surface area (Å²) in [5.41, 5.74) is 7.56. The van der Waals surface area contributed by atoms with E-state index in [0.29, 0.717) is 5.92 Å². The van der Waals surface area contributed by atoms with Gasteiger partial charge in [0.25, 0.3) is 0 Å². The molecule has 0 aromatic heterocycles. The van der Waals surface area contributed by atoms with Crippen LogP contribution in [0.15, 0.2) is 24.3 Å². The standard InChI is InChI=1S/C10H15N/c1-2-10(11)9-6-7-3-4-8(9)5-7/h2-3,8-10H,1,4-6,11H2. The Balaban J connectivity index is 2.08. The molecule has 1 heteroatoms. The molecule has 3 atom stereocenters. The highest BCUT2D eigenvalue weighted by Crippen LogP contribution is 2.45. The maximum absolute atomic E-state index is 5.92. The van der Waals surface area contributed by atoms with E-state index in [1.165, 1.54) is 19.3 Å². The molecule has 1 saturated carbocycles. The van der Waals surface area contributed by atoms with Crippen LogP contribution in [0.3, 0.4) is 0 Å². The fourth-order valence-corrected chi connectivity index (χ4v) is 2.41. The molecule has 0 aliphatic heterocycles. The maximum Gasteiger partial charge on any atom is 0.0255 e. The van der Waals surface area contributed by atoms with Crippen molar-refractivity contribution in [3.8, 4) is 0 Å². The van der Waals surface area contributed by atoms with E-state index in [9.17, 15) is 0 Å². The van der Waals surface area contributed by atoms with Crippen molar-refractivity contribution in [1.82, 2.24) is 0 Å². The molecule has 0 amide bonds. The Labute approximate surface area is 68.0 Å². The van der Waals surface area contributed by atoms with Crippen LogP contribution in [-0.4, -0.2) is 6.04 Å². The minimum atomic E-state index is 0.228. The molecule has 2 aliphatic rings. The van der Waals surface area contributed by atoms with Crippen molar-refractivity contribution in [3.63, 3.8) is 0 Å². The van der Waals surface area contributed by atoms with E-state index < -0.39 is 0 Å². The van der Waals surface area contributed by atoms with Crippen molar-refractivity contribution in [2.24, 2.45) is 17.6 Å². The van der Waals surface area contributed by atoms with E-state index in [2.05, 4.69) is 12.7 Å². The molecule has 2 bridgehead atoms. The van der Waals surface area contributed by atoms with Crippen LogP contribution in [-0.2, 0) is 0 Å². The molecule has 0 aromatic rings. The SMILES string of the molecule is C=CC(N)C1CC2=CCC1C2. The molecule has 0 heterocycles. The molecule has 0 aromatic carbocycles. The monoisotopic (exact) mass is 149 g/mol. The first-order valence-corrected chi connectivity index (χ1v) is 4.37. The van der Waals surface area contributed by atoms with E-state index in [-0.39, 0.29) is 6.04 Å². The van der Waals surface area contributed by atoms with Gasteiger partial charge in [0.05, 0.1) is 0 Å². The number of fused-ring (bicyclic) bond motifs is 2. The highest BCUT2D eigenvalue weighted by molar-refractivity contribution is 5.20. The lowest BCUT2D eigenvalue weighted by molar-refractivity contribution is 0.358. The Hall–Kier alpha value is -0.560. The number of nitrogens with two attached hydrogens (primary N) is 1. The summed E-state index contributed by atoms with van der Waals surface area (Å²) in [6, 6.07) is 0.228. The number of hydrogen-bond acceptors (Lipinski definition) is 1. The predicted octanol–water partition coefficient (Wildman–Crippen LogP) is 1.86. The second kappa shape index (κ2) is 2.49. The second-order valence-corrected chi connectivity index (χ2v) is 3.74. The van der Waals surface area contributed by atoms with E-state index in [1.807, 2.05) is 6.08 Å². The molecule has 60 valence electrons. The first-order valence-electron chi connectivity index (χ1n) is 4.37. The summed E-state index contributed by atoms with van der Waals surface area (Å²) in [6.07, 6.45) is 8.09. The summed E-state index contributed by atoms with van der Waals surface area (Å²) in [5.74, 6) is 1.55. The Morgan fingerprint density at radius 2 is 2.45 bits per heavy atom. The van der Waals surface area contributed by atoms with Gasteiger partial charge >= 0.3 is 0 Å². The van der Waals surface area contributed by atoms with Crippen molar-refractivity contribution >= 4 is 0 Å². The van der Waals surface area contributed by atoms with Gasteiger partial charge in [-0.2, -0.15) is 0 Å². The quantitative estimate of drug-likeness (QED) is 0.596. The van der Waals surface area contributed by atoms with Crippen molar-refractivity contribution in [2.75, 3.05) is 0 Å². The van der Waals surface area contributed by atoms with Crippen LogP contribution in [0, 0.1) is 11.8 Å². The van der Waals surface area contributed by atoms with Gasteiger partial charge in [-0.15, -0.1) is 6.58 Å². The smallest absolute Gasteiger partial charge is 0.0255 e. The van der Waals surface area contributed by atoms with Crippen LogP contribution in [0.25, 0.3) is 0 Å². The van der Waals surface area contributed by atoms with E-state index in [4.69, 9.17) is 5.73 Å². The summed E-state index contributed by atoms with van der Waals surface area (Å²) in [6.45, 7) is 3.74. The average Bonchev–Trinajstić information content (AvgIpc) is 2.62. The van der Waals surface area contributed by atoms with Gasteiger partial charge in [-0.25, -0.2) is 0 Å². The van der Waals surface area contributed by atoms with Crippen LogP contribution in [0.4, 0.5) is 0 Å². The molecule has 11 heavy (non-hydrogen) atoms. The van der Waals surface area contributed by atoms with Gasteiger partial charge in [-0.05, 0) is 31.1 Å². The highest BCUT2D eigenvalue weighted by Gasteiger charge is 2.36. The molecule has 1 fully saturated rings. The molecular weight excluding hydrogens is 134 g/mol. The lowest BCUT2D eigenvalue weighted by Crippen LogP contribution is -2.30. The van der Waals surface area contributed by atoms with E-state index in [0.717, 1.165) is 5.92 Å². The normalized spacial score (nSPS) is 37.0. The predicted molar refractivity (Wildman–Crippen MR) is 47.1 cm³/mol. The first kappa shape index (κ1) is 7.11. The fourth-order valence-electron chi connectivity index (χ4n) is 2.41. The number of allylic oxidation sites excluding steroid dienone is 2. The Morgan fingerprint density at radius 3 is 2.91 bits per heavy atom. The first-order chi connectivity index (χ1) is 5.31. The highest BCUT2D eigenvalue weighted by atomic mass is 14.7. The lowest BCUT2D eigenvalue weighted by Gasteiger charge is -2.22. The second-order valence-electron chi connectivity index (χ2n) is 3.74. The summed E-state index contributed by atoms with van der Waals surface area (Å²) < 4.78 is 0. The third kappa shape index (κ3) is 1.04. The molecule has 2 N–H and O–H groups in total. The fraction of sp³-hybridized carbons (Fsp3) is 0.600. The minimum Gasteiger partial charge on any atom is -0.324 e. The average molecular weight is 149 g/mol. The van der Waals surface area contributed by atoms with Gasteiger partial charge in [0.15, 0.2) is 0 Å². The molecule has 0 saturated heterocycles. The van der Waals surface area contributed by atoms with Gasteiger partial charge < -0.3 is 5.73 Å². The third-order valence-corrected chi connectivity index (χ3v) is 3.10. The topological polar surface area (TPSA) is 26.0 Å². The Morgan fingerprint density at radius 1 is 1.64 bits per heavy atom. The number of hydrogen-bond donors (Lipinski definition) is 1. The van der Waals surface area contributed by atoms with Gasteiger partial charge in [-0.1, -0.05) is 17.7 Å². The maximum atomic E-state index is 5.92. The van der Waals surface area contributed by atoms with Crippen LogP contribution >= 0.6 is 0 Å². The van der Waals surface area contributed by atoms with Crippen LogP contribution in [0.1, 0.15) is 19.3 Å². The Bertz CT molecular complexity index is 205. The summed E-state index contributed by atoms with van der Waals surface area (Å²) in [4.78, 5) is 0. The summed E-state index contributed by atoms with van der Waals surface area (Å²) in [5, 5.41) is 0. The van der Waals surface area contributed by atoms with Gasteiger partial charge in [-0.3, -0.25) is 0 Å². The molecule has 2 rings (SSSR count). The van der Waals surface area contributed by atoms with Crippen molar-refractivity contribution in [3.05, 3.63) is 24.3 Å². The van der Waals surface area contributed by atoms with Gasteiger partial charge in [0.2, 0.25) is 0 Å². The van der Waals surface area contributed by atoms with Crippen molar-refractivity contribution in [2.45, 2.75) is 25.3 Å². The van der Waals surface area contributed by atoms with Gasteiger partial charge in [0, 0.05) is 6.04 Å². The molecule has 2 aliphatic carbocycles. The van der Waals surface area contributed by atoms with E-state index in [1.54, 1.807) is 5.57 Å². The van der Waals surface area contributed by atoms with Crippen molar-refractivity contribution < 1.29 is 0 Å². The lowest BCUT2D eigenvalue weighted by atomic mass is 9.86. The Kier molecular flexibility index (Phi) is 1.61. The molecule has 0 radical (unpaired) electrons. The molecule has 1 nitrogen and oxygen atoms in total. The zero-order chi connectivity index (χ0) is 7.84. The van der Waals surface area contributed by atoms with Crippen LogP contribution in [0.2, 0.25) is 0 Å². The van der Waals surface area contributed by atoms with Crippen molar-refractivity contribution in [1.29, 1.82) is 0 Å². The summed E-state index contributed by atoms with van der Waals surface area (Å²) in [7, 11) is 0. The van der Waals surface area contributed by atoms with Crippen LogP contribution < -0.4 is 5.73 Å². The summed E-state index contributed by atoms with van der Waals surface area (Å²) >= 11 is 0. The minimum absolute atomic E-state index is 0.228. The molecule has 0 spiro atoms.